The lowest BCUT2D eigenvalue weighted by Crippen LogP contribution is -2.38. The Morgan fingerprint density at radius 2 is 1.86 bits per heavy atom. The zero-order valence-electron chi connectivity index (χ0n) is 17.4. The maximum absolute atomic E-state index is 12.8. The number of carbonyl (C=O) groups excluding carboxylic acids is 1. The highest BCUT2D eigenvalue weighted by Gasteiger charge is 2.20. The molecule has 2 aromatic rings. The molecule has 158 valence electrons. The van der Waals surface area contributed by atoms with Crippen molar-refractivity contribution >= 4 is 28.7 Å². The molecule has 1 N–H and O–H groups in total. The molecule has 1 fully saturated rings. The Bertz CT molecular complexity index is 1010. The second kappa shape index (κ2) is 9.56. The van der Waals surface area contributed by atoms with E-state index in [1.54, 1.807) is 7.05 Å². The minimum atomic E-state index is -0.430. The minimum Gasteiger partial charge on any atom is -0.353 e. The number of hydrogen-bond donors (Lipinski definition) is 1. The van der Waals surface area contributed by atoms with Crippen LogP contribution in [-0.2, 0) is 25.3 Å². The number of carbonyl (C=O) groups is 1. The lowest BCUT2D eigenvalue weighted by molar-refractivity contribution is -0.119. The van der Waals surface area contributed by atoms with Gasteiger partial charge in [0.15, 0.2) is 5.65 Å². The monoisotopic (exact) mass is 419 g/mol. The molecule has 29 heavy (non-hydrogen) atoms. The first-order valence-electron chi connectivity index (χ1n) is 10.3. The fourth-order valence-corrected chi connectivity index (χ4v) is 4.52. The van der Waals surface area contributed by atoms with E-state index in [1.165, 1.54) is 29.8 Å². The SMILES string of the molecule is CCCCc1nc(SCC(=O)NC2CCCCC2)c2c(=O)n(C)c(=O)n(C)c2n1. The number of fused-ring (bicyclic) bond motifs is 1. The average Bonchev–Trinajstić information content (AvgIpc) is 2.73. The summed E-state index contributed by atoms with van der Waals surface area (Å²) in [5.74, 6) is 0.727. The molecule has 0 radical (unpaired) electrons. The van der Waals surface area contributed by atoms with Gasteiger partial charge >= 0.3 is 5.69 Å². The van der Waals surface area contributed by atoms with Crippen LogP contribution in [0.3, 0.4) is 0 Å². The lowest BCUT2D eigenvalue weighted by atomic mass is 9.95. The van der Waals surface area contributed by atoms with E-state index in [4.69, 9.17) is 0 Å². The molecule has 2 heterocycles. The van der Waals surface area contributed by atoms with Gasteiger partial charge in [0.2, 0.25) is 5.91 Å². The fraction of sp³-hybridized carbons (Fsp3) is 0.650. The molecule has 1 saturated carbocycles. The highest BCUT2D eigenvalue weighted by Crippen LogP contribution is 2.23. The number of hydrogen-bond acceptors (Lipinski definition) is 6. The van der Waals surface area contributed by atoms with Gasteiger partial charge in [-0.2, -0.15) is 0 Å². The summed E-state index contributed by atoms with van der Waals surface area (Å²) in [6, 6.07) is 0.243. The molecule has 1 amide bonds. The zero-order chi connectivity index (χ0) is 21.0. The Balaban J connectivity index is 1.91. The first-order valence-corrected chi connectivity index (χ1v) is 11.3. The molecule has 0 atom stereocenters. The van der Waals surface area contributed by atoms with Gasteiger partial charge in [-0.05, 0) is 19.3 Å². The Hall–Kier alpha value is -2.16. The van der Waals surface area contributed by atoms with E-state index in [-0.39, 0.29) is 17.7 Å². The van der Waals surface area contributed by atoms with Crippen molar-refractivity contribution in [1.82, 2.24) is 24.4 Å². The van der Waals surface area contributed by atoms with E-state index in [9.17, 15) is 14.4 Å². The smallest absolute Gasteiger partial charge is 0.332 e. The number of thioether (sulfide) groups is 1. The van der Waals surface area contributed by atoms with Crippen LogP contribution >= 0.6 is 11.8 Å². The normalized spacial score (nSPS) is 15.0. The van der Waals surface area contributed by atoms with E-state index in [0.717, 1.165) is 43.1 Å². The van der Waals surface area contributed by atoms with Crippen molar-refractivity contribution in [1.29, 1.82) is 0 Å². The molecule has 0 spiro atoms. The van der Waals surface area contributed by atoms with E-state index >= 15 is 0 Å². The summed E-state index contributed by atoms with van der Waals surface area (Å²) in [7, 11) is 3.05. The quantitative estimate of drug-likeness (QED) is 0.544. The third kappa shape index (κ3) is 4.88. The number of rotatable bonds is 7. The summed E-state index contributed by atoms with van der Waals surface area (Å²) in [5.41, 5.74) is -0.525. The van der Waals surface area contributed by atoms with Gasteiger partial charge in [-0.25, -0.2) is 14.8 Å². The molecule has 8 nitrogen and oxygen atoms in total. The number of aryl methyl sites for hydroxylation is 2. The molecule has 0 aromatic carbocycles. The van der Waals surface area contributed by atoms with Crippen molar-refractivity contribution in [2.24, 2.45) is 14.1 Å². The van der Waals surface area contributed by atoms with Crippen LogP contribution in [0.4, 0.5) is 0 Å². The van der Waals surface area contributed by atoms with Crippen molar-refractivity contribution < 1.29 is 4.79 Å². The predicted octanol–water partition coefficient (Wildman–Crippen LogP) is 1.91. The molecule has 0 saturated heterocycles. The summed E-state index contributed by atoms with van der Waals surface area (Å²) in [4.78, 5) is 46.6. The molecule has 0 bridgehead atoms. The Morgan fingerprint density at radius 3 is 2.55 bits per heavy atom. The topological polar surface area (TPSA) is 98.9 Å². The molecule has 0 aliphatic heterocycles. The summed E-state index contributed by atoms with van der Waals surface area (Å²) in [5, 5.41) is 3.86. The van der Waals surface area contributed by atoms with Gasteiger partial charge in [0.05, 0.1) is 5.75 Å². The van der Waals surface area contributed by atoms with Gasteiger partial charge in [-0.3, -0.25) is 18.7 Å². The van der Waals surface area contributed by atoms with Gasteiger partial charge in [0.25, 0.3) is 5.56 Å². The molecule has 2 aromatic heterocycles. The minimum absolute atomic E-state index is 0.0505. The van der Waals surface area contributed by atoms with Crippen molar-refractivity contribution in [3.8, 4) is 0 Å². The lowest BCUT2D eigenvalue weighted by Gasteiger charge is -2.22. The summed E-state index contributed by atoms with van der Waals surface area (Å²) in [6.45, 7) is 2.08. The third-order valence-electron chi connectivity index (χ3n) is 5.38. The van der Waals surface area contributed by atoms with Gasteiger partial charge in [-0.1, -0.05) is 44.4 Å². The highest BCUT2D eigenvalue weighted by molar-refractivity contribution is 8.00. The van der Waals surface area contributed by atoms with Crippen LogP contribution in [0.25, 0.3) is 11.0 Å². The highest BCUT2D eigenvalue weighted by atomic mass is 32.2. The van der Waals surface area contributed by atoms with Gasteiger partial charge in [0, 0.05) is 26.6 Å². The van der Waals surface area contributed by atoms with E-state index in [2.05, 4.69) is 22.2 Å². The molecule has 1 aliphatic rings. The second-order valence-corrected chi connectivity index (χ2v) is 8.61. The van der Waals surface area contributed by atoms with Crippen LogP contribution < -0.4 is 16.6 Å². The van der Waals surface area contributed by atoms with E-state index in [0.29, 0.717) is 28.3 Å². The van der Waals surface area contributed by atoms with Crippen molar-refractivity contribution in [3.05, 3.63) is 26.7 Å². The standard InChI is InChI=1S/C20H29N5O3S/c1-4-5-11-14-22-17-16(19(27)25(3)20(28)24(17)2)18(23-14)29-12-15(26)21-13-9-7-6-8-10-13/h13H,4-12H2,1-3H3,(H,21,26). The average molecular weight is 420 g/mol. The maximum Gasteiger partial charge on any atom is 0.332 e. The molecule has 3 rings (SSSR count). The van der Waals surface area contributed by atoms with Crippen LogP contribution in [-0.4, -0.2) is 36.8 Å². The van der Waals surface area contributed by atoms with Crippen LogP contribution in [0.15, 0.2) is 14.6 Å². The first-order chi connectivity index (χ1) is 13.9. The predicted molar refractivity (Wildman–Crippen MR) is 114 cm³/mol. The Labute approximate surface area is 174 Å². The number of unbranched alkanes of at least 4 members (excludes halogenated alkanes) is 1. The van der Waals surface area contributed by atoms with Gasteiger partial charge in [-0.15, -0.1) is 0 Å². The molecule has 0 unspecified atom stereocenters. The Morgan fingerprint density at radius 1 is 1.14 bits per heavy atom. The van der Waals surface area contributed by atoms with Crippen molar-refractivity contribution in [3.63, 3.8) is 0 Å². The van der Waals surface area contributed by atoms with Gasteiger partial charge in [0.1, 0.15) is 16.2 Å². The van der Waals surface area contributed by atoms with Crippen molar-refractivity contribution in [2.75, 3.05) is 5.75 Å². The number of aromatic nitrogens is 4. The second-order valence-electron chi connectivity index (χ2n) is 7.64. The molecular weight excluding hydrogens is 390 g/mol. The van der Waals surface area contributed by atoms with Crippen LogP contribution in [0.2, 0.25) is 0 Å². The fourth-order valence-electron chi connectivity index (χ4n) is 3.67. The molecular formula is C20H29N5O3S. The summed E-state index contributed by atoms with van der Waals surface area (Å²) >= 11 is 1.24. The van der Waals surface area contributed by atoms with Crippen LogP contribution in [0.1, 0.15) is 57.7 Å². The number of nitrogens with zero attached hydrogens (tertiary/aromatic N) is 4. The van der Waals surface area contributed by atoms with E-state index in [1.807, 2.05) is 0 Å². The number of nitrogens with one attached hydrogen (secondary N) is 1. The zero-order valence-corrected chi connectivity index (χ0v) is 18.2. The van der Waals surface area contributed by atoms with Crippen LogP contribution in [0.5, 0.6) is 0 Å². The summed E-state index contributed by atoms with van der Waals surface area (Å²) in [6.07, 6.45) is 8.15. The maximum atomic E-state index is 12.8. The van der Waals surface area contributed by atoms with E-state index < -0.39 is 11.2 Å². The number of amides is 1. The van der Waals surface area contributed by atoms with Crippen molar-refractivity contribution in [2.45, 2.75) is 69.4 Å². The molecule has 9 heteroatoms. The van der Waals surface area contributed by atoms with Gasteiger partial charge < -0.3 is 5.32 Å². The molecule has 1 aliphatic carbocycles. The largest absolute Gasteiger partial charge is 0.353 e. The Kier molecular flexibility index (Phi) is 7.10. The first kappa shape index (κ1) is 21.5. The third-order valence-corrected chi connectivity index (χ3v) is 6.35. The van der Waals surface area contributed by atoms with Crippen LogP contribution in [0, 0.1) is 0 Å². The summed E-state index contributed by atoms with van der Waals surface area (Å²) < 4.78 is 2.43.